The first-order valence-electron chi connectivity index (χ1n) is 6.17. The molecule has 0 spiro atoms. The summed E-state index contributed by atoms with van der Waals surface area (Å²) in [6, 6.07) is 7.60. The number of carboxylic acids is 2. The lowest BCUT2D eigenvalue weighted by Gasteiger charge is -2.12. The first-order chi connectivity index (χ1) is 10.8. The summed E-state index contributed by atoms with van der Waals surface area (Å²) in [5.74, 6) is -4.09. The number of carboxylic acid groups (broad SMARTS) is 2. The molecule has 2 aromatic carbocycles. The van der Waals surface area contributed by atoms with E-state index in [1.54, 1.807) is 0 Å². The third-order valence-electron chi connectivity index (χ3n) is 3.06. The molecule has 0 saturated heterocycles. The molecular weight excluding hydrogens is 306 g/mol. The van der Waals surface area contributed by atoms with Crippen molar-refractivity contribution in [2.45, 2.75) is 0 Å². The second-order valence-corrected chi connectivity index (χ2v) is 4.47. The monoisotopic (exact) mass is 313 g/mol. The lowest BCUT2D eigenvalue weighted by atomic mass is 9.98. The minimum absolute atomic E-state index is 0.0843. The number of carbonyl (C=O) groups excluding carboxylic acids is 3. The number of non-ortho nitro benzene ring substituents is 1. The first kappa shape index (κ1) is 15.8. The van der Waals surface area contributed by atoms with Gasteiger partial charge in [-0.3, -0.25) is 14.9 Å². The van der Waals surface area contributed by atoms with Crippen LogP contribution < -0.4 is 10.2 Å². The van der Waals surface area contributed by atoms with Crippen LogP contribution in [0.4, 0.5) is 5.69 Å². The van der Waals surface area contributed by atoms with E-state index in [1.807, 2.05) is 0 Å². The molecule has 0 radical (unpaired) electrons. The molecular formula is C15H7NO7-2. The molecule has 116 valence electrons. The van der Waals surface area contributed by atoms with E-state index < -0.39 is 33.8 Å². The molecule has 0 amide bonds. The summed E-state index contributed by atoms with van der Waals surface area (Å²) >= 11 is 0. The first-order valence-corrected chi connectivity index (χ1v) is 6.17. The van der Waals surface area contributed by atoms with Crippen LogP contribution in [-0.4, -0.2) is 22.6 Å². The van der Waals surface area contributed by atoms with Crippen LogP contribution in [0.25, 0.3) is 0 Å². The van der Waals surface area contributed by atoms with Crippen molar-refractivity contribution in [1.82, 2.24) is 0 Å². The molecule has 0 fully saturated rings. The van der Waals surface area contributed by atoms with Gasteiger partial charge in [0.15, 0.2) is 5.78 Å². The highest BCUT2D eigenvalue weighted by molar-refractivity contribution is 6.11. The molecule has 23 heavy (non-hydrogen) atoms. The molecule has 0 N–H and O–H groups in total. The van der Waals surface area contributed by atoms with Crippen LogP contribution in [0.3, 0.4) is 0 Å². The van der Waals surface area contributed by atoms with E-state index in [1.165, 1.54) is 12.1 Å². The Morgan fingerprint density at radius 3 is 1.78 bits per heavy atom. The summed E-state index contributed by atoms with van der Waals surface area (Å²) in [5, 5.41) is 32.4. The number of rotatable bonds is 5. The summed E-state index contributed by atoms with van der Waals surface area (Å²) < 4.78 is 0. The van der Waals surface area contributed by atoms with Gasteiger partial charge in [-0.2, -0.15) is 0 Å². The lowest BCUT2D eigenvalue weighted by molar-refractivity contribution is -0.384. The van der Waals surface area contributed by atoms with Gasteiger partial charge < -0.3 is 19.8 Å². The van der Waals surface area contributed by atoms with E-state index in [-0.39, 0.29) is 16.8 Å². The van der Waals surface area contributed by atoms with Gasteiger partial charge in [0.1, 0.15) is 0 Å². The van der Waals surface area contributed by atoms with Gasteiger partial charge in [-0.15, -0.1) is 0 Å². The average Bonchev–Trinajstić information content (AvgIpc) is 2.53. The summed E-state index contributed by atoms with van der Waals surface area (Å²) in [5.41, 5.74) is -1.50. The van der Waals surface area contributed by atoms with E-state index in [0.717, 1.165) is 30.3 Å². The van der Waals surface area contributed by atoms with Gasteiger partial charge in [-0.1, -0.05) is 12.1 Å². The zero-order valence-corrected chi connectivity index (χ0v) is 11.3. The number of ketones is 1. The summed E-state index contributed by atoms with van der Waals surface area (Å²) in [7, 11) is 0. The normalized spacial score (nSPS) is 10.1. The molecule has 0 atom stereocenters. The second-order valence-electron chi connectivity index (χ2n) is 4.47. The Hall–Kier alpha value is -3.55. The van der Waals surface area contributed by atoms with Crippen LogP contribution in [0.2, 0.25) is 0 Å². The van der Waals surface area contributed by atoms with Crippen molar-refractivity contribution >= 4 is 23.4 Å². The zero-order chi connectivity index (χ0) is 17.1. The van der Waals surface area contributed by atoms with Crippen molar-refractivity contribution in [3.63, 3.8) is 0 Å². The Balaban J connectivity index is 2.43. The Labute approximate surface area is 128 Å². The van der Waals surface area contributed by atoms with Gasteiger partial charge in [0.05, 0.1) is 16.9 Å². The Morgan fingerprint density at radius 1 is 0.783 bits per heavy atom. The SMILES string of the molecule is O=C(c1ccc([N+](=O)[O-])cc1)c1ccc(C(=O)[O-])c(C(=O)[O-])c1. The minimum atomic E-state index is -1.76. The van der Waals surface area contributed by atoms with E-state index in [9.17, 15) is 34.7 Å². The Kier molecular flexibility index (Phi) is 4.17. The third kappa shape index (κ3) is 3.21. The maximum atomic E-state index is 12.2. The fourth-order valence-corrected chi connectivity index (χ4v) is 1.93. The molecule has 0 saturated carbocycles. The van der Waals surface area contributed by atoms with Crippen LogP contribution in [-0.2, 0) is 0 Å². The van der Waals surface area contributed by atoms with Crippen LogP contribution in [0, 0.1) is 10.1 Å². The fourth-order valence-electron chi connectivity index (χ4n) is 1.93. The number of nitro groups is 1. The summed E-state index contributed by atoms with van der Waals surface area (Å²) in [6.07, 6.45) is 0. The van der Waals surface area contributed by atoms with Crippen LogP contribution in [0.5, 0.6) is 0 Å². The van der Waals surface area contributed by atoms with E-state index in [2.05, 4.69) is 0 Å². The molecule has 0 aromatic heterocycles. The molecule has 8 heteroatoms. The Morgan fingerprint density at radius 2 is 1.30 bits per heavy atom. The van der Waals surface area contributed by atoms with Crippen molar-refractivity contribution in [2.24, 2.45) is 0 Å². The molecule has 0 aliphatic heterocycles. The third-order valence-corrected chi connectivity index (χ3v) is 3.06. The van der Waals surface area contributed by atoms with Gasteiger partial charge in [0.25, 0.3) is 5.69 Å². The number of aromatic carboxylic acids is 2. The number of hydrogen-bond acceptors (Lipinski definition) is 7. The molecule has 0 aliphatic rings. The molecule has 8 nitrogen and oxygen atoms in total. The van der Waals surface area contributed by atoms with Crippen molar-refractivity contribution in [3.05, 3.63) is 74.8 Å². The predicted molar refractivity (Wildman–Crippen MR) is 71.6 cm³/mol. The predicted octanol–water partition coefficient (Wildman–Crippen LogP) is -0.447. The summed E-state index contributed by atoms with van der Waals surface area (Å²) in [6.45, 7) is 0. The maximum absolute atomic E-state index is 12.2. The van der Waals surface area contributed by atoms with Crippen molar-refractivity contribution in [3.8, 4) is 0 Å². The van der Waals surface area contributed by atoms with Gasteiger partial charge in [0.2, 0.25) is 0 Å². The van der Waals surface area contributed by atoms with Gasteiger partial charge in [0, 0.05) is 34.4 Å². The molecule has 0 heterocycles. The quantitative estimate of drug-likeness (QED) is 0.413. The Bertz CT molecular complexity index is 824. The number of nitrogens with zero attached hydrogens (tertiary/aromatic N) is 1. The molecule has 0 bridgehead atoms. The average molecular weight is 313 g/mol. The molecule has 2 rings (SSSR count). The molecule has 0 aliphatic carbocycles. The maximum Gasteiger partial charge on any atom is 0.269 e. The van der Waals surface area contributed by atoms with Gasteiger partial charge >= 0.3 is 0 Å². The van der Waals surface area contributed by atoms with Crippen molar-refractivity contribution < 1.29 is 29.5 Å². The highest BCUT2D eigenvalue weighted by atomic mass is 16.6. The molecule has 2 aromatic rings. The minimum Gasteiger partial charge on any atom is -0.545 e. The van der Waals surface area contributed by atoms with Gasteiger partial charge in [-0.25, -0.2) is 0 Å². The fraction of sp³-hybridized carbons (Fsp3) is 0. The lowest BCUT2D eigenvalue weighted by Crippen LogP contribution is -2.30. The van der Waals surface area contributed by atoms with E-state index >= 15 is 0 Å². The van der Waals surface area contributed by atoms with Crippen LogP contribution in [0.1, 0.15) is 36.6 Å². The number of benzene rings is 2. The van der Waals surface area contributed by atoms with Crippen molar-refractivity contribution in [2.75, 3.05) is 0 Å². The topological polar surface area (TPSA) is 140 Å². The number of nitro benzene ring substituents is 1. The zero-order valence-electron chi connectivity index (χ0n) is 11.3. The van der Waals surface area contributed by atoms with Crippen LogP contribution >= 0.6 is 0 Å². The number of hydrogen-bond donors (Lipinski definition) is 0. The van der Waals surface area contributed by atoms with E-state index in [4.69, 9.17) is 0 Å². The molecule has 0 unspecified atom stereocenters. The second kappa shape index (κ2) is 6.06. The smallest absolute Gasteiger partial charge is 0.269 e. The highest BCUT2D eigenvalue weighted by Gasteiger charge is 2.14. The van der Waals surface area contributed by atoms with E-state index in [0.29, 0.717) is 0 Å². The van der Waals surface area contributed by atoms with Crippen LogP contribution in [0.15, 0.2) is 42.5 Å². The van der Waals surface area contributed by atoms with Crippen molar-refractivity contribution in [1.29, 1.82) is 0 Å². The highest BCUT2D eigenvalue weighted by Crippen LogP contribution is 2.18. The van der Waals surface area contributed by atoms with Gasteiger partial charge in [-0.05, 0) is 18.2 Å². The standard InChI is InChI=1S/C15H9NO7/c17-13(8-1-4-10(5-2-8)16(22)23)9-3-6-11(14(18)19)12(7-9)15(20)21/h1-7H,(H,18,19)(H,20,21)/p-2. The summed E-state index contributed by atoms with van der Waals surface area (Å²) in [4.78, 5) is 44.0. The largest absolute Gasteiger partial charge is 0.545 e. The number of carbonyl (C=O) groups is 3.